The first kappa shape index (κ1) is 13.7. The Bertz CT molecular complexity index is 672. The first-order valence-corrected chi connectivity index (χ1v) is 7.13. The monoisotopic (exact) mass is 284 g/mol. The van der Waals surface area contributed by atoms with E-state index in [9.17, 15) is 8.42 Å². The lowest BCUT2D eigenvalue weighted by Crippen LogP contribution is -2.25. The van der Waals surface area contributed by atoms with Gasteiger partial charge in [0.1, 0.15) is 4.90 Å². The van der Waals surface area contributed by atoms with Crippen LogP contribution in [0.4, 0.5) is 0 Å². The minimum Gasteiger partial charge on any atom is -0.325 e. The molecule has 0 spiro atoms. The normalized spacial score (nSPS) is 11.9. The number of hydrogen-bond acceptors (Lipinski definition) is 5. The molecule has 104 valence electrons. The molecule has 0 atom stereocenters. The van der Waals surface area contributed by atoms with Crippen molar-refractivity contribution < 1.29 is 8.42 Å². The topological polar surface area (TPSA) is 119 Å². The van der Waals surface area contributed by atoms with Gasteiger partial charge < -0.3 is 5.73 Å². The highest BCUT2D eigenvalue weighted by Crippen LogP contribution is 2.17. The van der Waals surface area contributed by atoms with Crippen LogP contribution in [0.5, 0.6) is 0 Å². The number of nitrogens with zero attached hydrogens (tertiary/aromatic N) is 3. The molecule has 4 N–H and O–H groups in total. The predicted octanol–water partition coefficient (Wildman–Crippen LogP) is -0.611. The fourth-order valence-corrected chi connectivity index (χ4v) is 3.17. The van der Waals surface area contributed by atoms with Crippen LogP contribution in [0.25, 0.3) is 0 Å². The maximum atomic E-state index is 12.2. The Balaban J connectivity index is 2.20. The van der Waals surface area contributed by atoms with Gasteiger partial charge in [0.2, 0.25) is 10.0 Å². The molecule has 0 aliphatic rings. The van der Waals surface area contributed by atoms with Crippen molar-refractivity contribution in [2.75, 3.05) is 0 Å². The number of hydrogen-bond donors (Lipinski definition) is 3. The lowest BCUT2D eigenvalue weighted by Gasteiger charge is -2.06. The summed E-state index contributed by atoms with van der Waals surface area (Å²) < 4.78 is 28.6. The van der Waals surface area contributed by atoms with Crippen molar-refractivity contribution in [3.63, 3.8) is 0 Å². The smallest absolute Gasteiger partial charge is 0.244 e. The highest BCUT2D eigenvalue weighted by Gasteiger charge is 2.23. The zero-order valence-electron chi connectivity index (χ0n) is 10.7. The van der Waals surface area contributed by atoms with Crippen LogP contribution in [0.1, 0.15) is 17.0 Å². The van der Waals surface area contributed by atoms with E-state index in [-0.39, 0.29) is 18.0 Å². The van der Waals surface area contributed by atoms with Crippen LogP contribution in [0, 0.1) is 6.92 Å². The Kier molecular flexibility index (Phi) is 3.69. The summed E-state index contributed by atoms with van der Waals surface area (Å²) in [5, 5.41) is 10.5. The van der Waals surface area contributed by atoms with Gasteiger partial charge in [-0.25, -0.2) is 13.1 Å². The van der Waals surface area contributed by atoms with Crippen molar-refractivity contribution in [1.29, 1.82) is 0 Å². The summed E-state index contributed by atoms with van der Waals surface area (Å²) in [5.74, 6) is 0. The number of aromatic nitrogens is 4. The number of aromatic amines is 1. The molecule has 8 nitrogen and oxygen atoms in total. The maximum Gasteiger partial charge on any atom is 0.244 e. The highest BCUT2D eigenvalue weighted by molar-refractivity contribution is 7.89. The zero-order chi connectivity index (χ0) is 14.0. The van der Waals surface area contributed by atoms with E-state index in [1.165, 1.54) is 0 Å². The van der Waals surface area contributed by atoms with Crippen LogP contribution in [0.3, 0.4) is 0 Å². The van der Waals surface area contributed by atoms with Crippen molar-refractivity contribution in [2.45, 2.75) is 24.9 Å². The van der Waals surface area contributed by atoms with E-state index in [4.69, 9.17) is 5.73 Å². The summed E-state index contributed by atoms with van der Waals surface area (Å²) in [5.41, 5.74) is 7.06. The minimum absolute atomic E-state index is 0.0630. The van der Waals surface area contributed by atoms with Gasteiger partial charge in [0.25, 0.3) is 0 Å². The van der Waals surface area contributed by atoms with Gasteiger partial charge in [0.05, 0.1) is 17.6 Å². The van der Waals surface area contributed by atoms with Gasteiger partial charge in [-0.2, -0.15) is 10.2 Å². The first-order chi connectivity index (χ1) is 8.94. The molecule has 0 fully saturated rings. The van der Waals surface area contributed by atoms with Crippen molar-refractivity contribution in [3.05, 3.63) is 29.3 Å². The van der Waals surface area contributed by atoms with Crippen molar-refractivity contribution in [2.24, 2.45) is 12.8 Å². The molecule has 2 aromatic heterocycles. The molecule has 2 aromatic rings. The Hall–Kier alpha value is -1.71. The fraction of sp³-hybridized carbons (Fsp3) is 0.400. The molecule has 0 saturated heterocycles. The van der Waals surface area contributed by atoms with Gasteiger partial charge in [-0.3, -0.25) is 9.78 Å². The van der Waals surface area contributed by atoms with Crippen LogP contribution >= 0.6 is 0 Å². The van der Waals surface area contributed by atoms with E-state index in [1.54, 1.807) is 31.0 Å². The van der Waals surface area contributed by atoms with Crippen molar-refractivity contribution in [3.8, 4) is 0 Å². The third-order valence-corrected chi connectivity index (χ3v) is 4.25. The fourth-order valence-electron chi connectivity index (χ4n) is 1.78. The van der Waals surface area contributed by atoms with Crippen LogP contribution in [0.15, 0.2) is 17.3 Å². The summed E-state index contributed by atoms with van der Waals surface area (Å²) in [6.07, 6.45) is 3.35. The highest BCUT2D eigenvalue weighted by atomic mass is 32.2. The third kappa shape index (κ3) is 2.83. The van der Waals surface area contributed by atoms with Crippen molar-refractivity contribution in [1.82, 2.24) is 24.7 Å². The van der Waals surface area contributed by atoms with Crippen molar-refractivity contribution >= 4 is 10.0 Å². The lowest BCUT2D eigenvalue weighted by molar-refractivity contribution is 0.579. The summed E-state index contributed by atoms with van der Waals surface area (Å²) >= 11 is 0. The van der Waals surface area contributed by atoms with E-state index >= 15 is 0 Å². The minimum atomic E-state index is -3.64. The molecule has 0 saturated carbocycles. The number of sulfonamides is 1. The van der Waals surface area contributed by atoms with Gasteiger partial charge in [0.15, 0.2) is 0 Å². The van der Waals surface area contributed by atoms with Gasteiger partial charge in [-0.15, -0.1) is 0 Å². The summed E-state index contributed by atoms with van der Waals surface area (Å²) in [4.78, 5) is 0.124. The molecule has 9 heteroatoms. The molecule has 0 bridgehead atoms. The van der Waals surface area contributed by atoms with Gasteiger partial charge in [-0.1, -0.05) is 0 Å². The van der Waals surface area contributed by atoms with E-state index in [0.29, 0.717) is 11.4 Å². The molecule has 19 heavy (non-hydrogen) atoms. The molecular weight excluding hydrogens is 268 g/mol. The van der Waals surface area contributed by atoms with Crippen LogP contribution in [0.2, 0.25) is 0 Å². The predicted molar refractivity (Wildman–Crippen MR) is 68.4 cm³/mol. The third-order valence-electron chi connectivity index (χ3n) is 2.65. The Morgan fingerprint density at radius 1 is 1.53 bits per heavy atom. The molecule has 2 rings (SSSR count). The number of H-pyrrole nitrogens is 1. The molecule has 0 aliphatic carbocycles. The second kappa shape index (κ2) is 5.11. The van der Waals surface area contributed by atoms with E-state index in [0.717, 1.165) is 5.56 Å². The Labute approximate surface area is 111 Å². The molecule has 0 unspecified atom stereocenters. The molecule has 0 aromatic carbocycles. The second-order valence-corrected chi connectivity index (χ2v) is 5.88. The standard InChI is InChI=1S/C10H16N6O2S/c1-7-10(9(3-11)15-14-7)19(17,18)13-5-8-4-12-16(2)6-8/h4,6,13H,3,5,11H2,1-2H3,(H,14,15). The van der Waals surface area contributed by atoms with Gasteiger partial charge in [0, 0.05) is 31.9 Å². The first-order valence-electron chi connectivity index (χ1n) is 5.65. The largest absolute Gasteiger partial charge is 0.325 e. The van der Waals surface area contributed by atoms with E-state index in [1.807, 2.05) is 0 Å². The molecule has 2 heterocycles. The Morgan fingerprint density at radius 2 is 2.26 bits per heavy atom. The summed E-state index contributed by atoms with van der Waals surface area (Å²) in [6.45, 7) is 1.88. The molecule has 0 amide bonds. The second-order valence-electron chi connectivity index (χ2n) is 4.18. The molecule has 0 aliphatic heterocycles. The number of nitrogens with one attached hydrogen (secondary N) is 2. The zero-order valence-corrected chi connectivity index (χ0v) is 11.5. The quantitative estimate of drug-likeness (QED) is 0.676. The van der Waals surface area contributed by atoms with Crippen LogP contribution < -0.4 is 10.5 Å². The summed E-state index contributed by atoms with van der Waals surface area (Å²) in [6, 6.07) is 0. The number of rotatable bonds is 5. The number of nitrogens with two attached hydrogens (primary N) is 1. The average Bonchev–Trinajstić information content (AvgIpc) is 2.93. The molecule has 0 radical (unpaired) electrons. The van der Waals surface area contributed by atoms with Crippen LogP contribution in [-0.2, 0) is 30.2 Å². The SMILES string of the molecule is Cc1[nH]nc(CN)c1S(=O)(=O)NCc1cnn(C)c1. The van der Waals surface area contributed by atoms with Crippen LogP contribution in [-0.4, -0.2) is 28.4 Å². The average molecular weight is 284 g/mol. The molecular formula is C10H16N6O2S. The number of aryl methyl sites for hydroxylation is 2. The van der Waals surface area contributed by atoms with Gasteiger partial charge in [-0.05, 0) is 6.92 Å². The van der Waals surface area contributed by atoms with Gasteiger partial charge >= 0.3 is 0 Å². The maximum absolute atomic E-state index is 12.2. The van der Waals surface area contributed by atoms with E-state index < -0.39 is 10.0 Å². The Morgan fingerprint density at radius 3 is 2.84 bits per heavy atom. The van der Waals surface area contributed by atoms with E-state index in [2.05, 4.69) is 20.0 Å². The lowest BCUT2D eigenvalue weighted by atomic mass is 10.4. The summed E-state index contributed by atoms with van der Waals surface area (Å²) in [7, 11) is -1.87.